The van der Waals surface area contributed by atoms with Crippen LogP contribution < -0.4 is 5.32 Å². The van der Waals surface area contributed by atoms with Crippen molar-refractivity contribution in [3.05, 3.63) is 58.3 Å². The van der Waals surface area contributed by atoms with E-state index in [-0.39, 0.29) is 17.0 Å². The molecule has 0 saturated carbocycles. The van der Waals surface area contributed by atoms with E-state index >= 15 is 0 Å². The number of thioether (sulfide) groups is 1. The zero-order chi connectivity index (χ0) is 22.3. The van der Waals surface area contributed by atoms with Gasteiger partial charge < -0.3 is 5.32 Å². The predicted octanol–water partition coefficient (Wildman–Crippen LogP) is 4.29. The molecule has 1 amide bonds. The first-order valence-corrected chi connectivity index (χ1v) is 12.8. The van der Waals surface area contributed by atoms with Gasteiger partial charge in [-0.15, -0.1) is 21.5 Å². The van der Waals surface area contributed by atoms with E-state index in [1.165, 1.54) is 48.0 Å². The number of hydrogen-bond acceptors (Lipinski definition) is 6. The van der Waals surface area contributed by atoms with Crippen molar-refractivity contribution in [3.63, 3.8) is 0 Å². The molecule has 1 saturated heterocycles. The van der Waals surface area contributed by atoms with Crippen LogP contribution in [-0.4, -0.2) is 50.5 Å². The van der Waals surface area contributed by atoms with Crippen molar-refractivity contribution in [3.8, 4) is 5.69 Å². The third-order valence-electron chi connectivity index (χ3n) is 5.50. The van der Waals surface area contributed by atoms with Gasteiger partial charge in [-0.3, -0.25) is 14.3 Å². The molecule has 1 N–H and O–H groups in total. The number of aromatic nitrogens is 3. The molecule has 0 spiro atoms. The van der Waals surface area contributed by atoms with Crippen LogP contribution >= 0.6 is 23.1 Å². The van der Waals surface area contributed by atoms with E-state index in [9.17, 15) is 9.18 Å². The highest BCUT2D eigenvalue weighted by molar-refractivity contribution is 8.00. The van der Waals surface area contributed by atoms with E-state index in [2.05, 4.69) is 26.5 Å². The molecule has 4 rings (SSSR count). The molecule has 1 unspecified atom stereocenters. The fraction of sp³-hybridized carbons (Fsp3) is 0.435. The zero-order valence-corrected chi connectivity index (χ0v) is 19.8. The molecule has 0 radical (unpaired) electrons. The maximum atomic E-state index is 13.5. The van der Waals surface area contributed by atoms with Gasteiger partial charge >= 0.3 is 0 Å². The number of hydrogen-bond donors (Lipinski definition) is 1. The first-order valence-electron chi connectivity index (χ1n) is 11.0. The molecule has 6 nitrogen and oxygen atoms in total. The first-order chi connectivity index (χ1) is 15.6. The number of amides is 1. The molecule has 32 heavy (non-hydrogen) atoms. The summed E-state index contributed by atoms with van der Waals surface area (Å²) in [6.07, 6.45) is 4.47. The molecule has 170 valence electrons. The molecule has 1 aliphatic heterocycles. The first kappa shape index (κ1) is 22.9. The Morgan fingerprint density at radius 2 is 1.97 bits per heavy atom. The van der Waals surface area contributed by atoms with Crippen molar-refractivity contribution in [2.45, 2.75) is 49.6 Å². The van der Waals surface area contributed by atoms with Crippen LogP contribution in [0.1, 0.15) is 36.9 Å². The molecule has 0 aliphatic carbocycles. The van der Waals surface area contributed by atoms with Gasteiger partial charge in [0.1, 0.15) is 5.82 Å². The summed E-state index contributed by atoms with van der Waals surface area (Å²) in [4.78, 5) is 16.3. The lowest BCUT2D eigenvalue weighted by Gasteiger charge is -2.26. The highest BCUT2D eigenvalue weighted by atomic mass is 32.2. The van der Waals surface area contributed by atoms with Crippen LogP contribution in [0.15, 0.2) is 46.9 Å². The van der Waals surface area contributed by atoms with E-state index in [0.29, 0.717) is 18.2 Å². The Balaban J connectivity index is 1.46. The number of benzene rings is 1. The lowest BCUT2D eigenvalue weighted by atomic mass is 10.1. The Hall–Kier alpha value is -2.23. The summed E-state index contributed by atoms with van der Waals surface area (Å²) >= 11 is 3.07. The standard InChI is InChI=1S/C23H28FN5OS2/c1-17(22(30)25-12-11-20-6-5-15-31-20)32-23-27-26-21(16-28-13-3-2-4-14-28)29(23)19-9-7-18(24)8-10-19/h5-10,15,17H,2-4,11-14,16H2,1H3,(H,25,30). The zero-order valence-electron chi connectivity index (χ0n) is 18.2. The smallest absolute Gasteiger partial charge is 0.233 e. The fourth-order valence-corrected chi connectivity index (χ4v) is 5.38. The summed E-state index contributed by atoms with van der Waals surface area (Å²) < 4.78 is 15.5. The van der Waals surface area contributed by atoms with Crippen LogP contribution in [-0.2, 0) is 17.8 Å². The summed E-state index contributed by atoms with van der Waals surface area (Å²) in [5.41, 5.74) is 0.802. The summed E-state index contributed by atoms with van der Waals surface area (Å²) in [5, 5.41) is 14.2. The van der Waals surface area contributed by atoms with Gasteiger partial charge in [-0.05, 0) is 75.0 Å². The Kier molecular flexibility index (Phi) is 7.94. The molecule has 3 heterocycles. The molecule has 3 aromatic rings. The third-order valence-corrected chi connectivity index (χ3v) is 7.48. The van der Waals surface area contributed by atoms with E-state index in [1.807, 2.05) is 22.9 Å². The molecule has 1 fully saturated rings. The lowest BCUT2D eigenvalue weighted by Crippen LogP contribution is -2.32. The summed E-state index contributed by atoms with van der Waals surface area (Å²) in [6, 6.07) is 10.4. The second kappa shape index (κ2) is 11.1. The highest BCUT2D eigenvalue weighted by Gasteiger charge is 2.22. The van der Waals surface area contributed by atoms with E-state index in [1.54, 1.807) is 23.5 Å². The number of carbonyl (C=O) groups excluding carboxylic acids is 1. The van der Waals surface area contributed by atoms with Gasteiger partial charge in [0.15, 0.2) is 11.0 Å². The van der Waals surface area contributed by atoms with Crippen molar-refractivity contribution in [1.29, 1.82) is 0 Å². The van der Waals surface area contributed by atoms with Crippen molar-refractivity contribution in [1.82, 2.24) is 25.0 Å². The van der Waals surface area contributed by atoms with Crippen LogP contribution in [0.5, 0.6) is 0 Å². The van der Waals surface area contributed by atoms with Crippen LogP contribution in [0.3, 0.4) is 0 Å². The van der Waals surface area contributed by atoms with Crippen molar-refractivity contribution >= 4 is 29.0 Å². The van der Waals surface area contributed by atoms with Crippen LogP contribution in [0.25, 0.3) is 5.69 Å². The van der Waals surface area contributed by atoms with E-state index in [4.69, 9.17) is 0 Å². The Labute approximate surface area is 196 Å². The van der Waals surface area contributed by atoms with Gasteiger partial charge in [0.2, 0.25) is 5.91 Å². The van der Waals surface area contributed by atoms with E-state index < -0.39 is 0 Å². The normalized spacial score (nSPS) is 15.6. The topological polar surface area (TPSA) is 63.1 Å². The number of carbonyl (C=O) groups is 1. The lowest BCUT2D eigenvalue weighted by molar-refractivity contribution is -0.120. The number of likely N-dealkylation sites (tertiary alicyclic amines) is 1. The minimum absolute atomic E-state index is 0.0298. The number of nitrogens with zero attached hydrogens (tertiary/aromatic N) is 4. The maximum absolute atomic E-state index is 13.5. The number of thiophene rings is 1. The largest absolute Gasteiger partial charge is 0.355 e. The molecule has 1 aromatic carbocycles. The van der Waals surface area contributed by atoms with Gasteiger partial charge in [0.05, 0.1) is 11.8 Å². The number of halogens is 1. The minimum Gasteiger partial charge on any atom is -0.355 e. The summed E-state index contributed by atoms with van der Waals surface area (Å²) in [7, 11) is 0. The Bertz CT molecular complexity index is 1000. The average molecular weight is 474 g/mol. The molecule has 0 bridgehead atoms. The molecule has 9 heteroatoms. The predicted molar refractivity (Wildman–Crippen MR) is 127 cm³/mol. The van der Waals surface area contributed by atoms with Crippen LogP contribution in [0, 0.1) is 5.82 Å². The van der Waals surface area contributed by atoms with E-state index in [0.717, 1.165) is 31.0 Å². The highest BCUT2D eigenvalue weighted by Crippen LogP contribution is 2.27. The van der Waals surface area contributed by atoms with Crippen molar-refractivity contribution < 1.29 is 9.18 Å². The number of rotatable bonds is 9. The quantitative estimate of drug-likeness (QED) is 0.470. The molecular formula is C23H28FN5OS2. The molecule has 1 aliphatic rings. The fourth-order valence-electron chi connectivity index (χ4n) is 3.77. The second-order valence-corrected chi connectivity index (χ2v) is 10.3. The van der Waals surface area contributed by atoms with Gasteiger partial charge in [0, 0.05) is 17.1 Å². The Morgan fingerprint density at radius 3 is 2.69 bits per heavy atom. The van der Waals surface area contributed by atoms with Gasteiger partial charge in [0.25, 0.3) is 0 Å². The third kappa shape index (κ3) is 5.96. The molecule has 1 atom stereocenters. The van der Waals surface area contributed by atoms with Crippen LogP contribution in [0.4, 0.5) is 4.39 Å². The summed E-state index contributed by atoms with van der Waals surface area (Å²) in [5.74, 6) is 0.496. The maximum Gasteiger partial charge on any atom is 0.233 e. The van der Waals surface area contributed by atoms with Crippen LogP contribution in [0.2, 0.25) is 0 Å². The number of nitrogens with one attached hydrogen (secondary N) is 1. The van der Waals surface area contributed by atoms with Gasteiger partial charge in [-0.2, -0.15) is 0 Å². The van der Waals surface area contributed by atoms with Gasteiger partial charge in [-0.1, -0.05) is 24.2 Å². The van der Waals surface area contributed by atoms with Gasteiger partial charge in [-0.25, -0.2) is 4.39 Å². The summed E-state index contributed by atoms with van der Waals surface area (Å²) in [6.45, 7) is 5.25. The molecular weight excluding hydrogens is 445 g/mol. The SMILES string of the molecule is CC(Sc1nnc(CN2CCCCC2)n1-c1ccc(F)cc1)C(=O)NCCc1cccs1. The van der Waals surface area contributed by atoms with Crippen molar-refractivity contribution in [2.75, 3.05) is 19.6 Å². The minimum atomic E-state index is -0.329. The van der Waals surface area contributed by atoms with Crippen molar-refractivity contribution in [2.24, 2.45) is 0 Å². The average Bonchev–Trinajstić information content (AvgIpc) is 3.45. The number of piperidine rings is 1. The molecule has 2 aromatic heterocycles. The second-order valence-electron chi connectivity index (χ2n) is 7.93. The Morgan fingerprint density at radius 1 is 1.19 bits per heavy atom. The monoisotopic (exact) mass is 473 g/mol.